The quantitative estimate of drug-likeness (QED) is 0.475. The van der Waals surface area contributed by atoms with Crippen molar-refractivity contribution in [3.05, 3.63) is 65.5 Å². The fourth-order valence-corrected chi connectivity index (χ4v) is 5.24. The SMILES string of the molecule is COc1ccc(OC)c(C2CCCN2C(=O)CSc2nccn2-c2cc(C)cc(C)c2)c1. The molecule has 1 aliphatic heterocycles. The standard InChI is InChI=1S/C25H29N3O3S/c1-17-12-18(2)14-19(13-17)27-11-9-26-25(27)32-16-24(29)28-10-5-6-22(28)21-15-20(30-3)7-8-23(21)31-4/h7-9,11-15,22H,5-6,10,16H2,1-4H3. The van der Waals surface area contributed by atoms with Gasteiger partial charge in [0.1, 0.15) is 11.5 Å². The molecule has 168 valence electrons. The summed E-state index contributed by atoms with van der Waals surface area (Å²) < 4.78 is 13.0. The van der Waals surface area contributed by atoms with Crippen molar-refractivity contribution in [2.24, 2.45) is 0 Å². The maximum atomic E-state index is 13.2. The van der Waals surface area contributed by atoms with Gasteiger partial charge in [-0.3, -0.25) is 9.36 Å². The van der Waals surface area contributed by atoms with Gasteiger partial charge in [-0.1, -0.05) is 17.8 Å². The Morgan fingerprint density at radius 1 is 1.12 bits per heavy atom. The minimum absolute atomic E-state index is 0.00711. The zero-order chi connectivity index (χ0) is 22.7. The van der Waals surface area contributed by atoms with E-state index in [2.05, 4.69) is 37.0 Å². The predicted octanol–water partition coefficient (Wildman–Crippen LogP) is 4.96. The Bertz CT molecular complexity index is 1090. The number of ether oxygens (including phenoxy) is 2. The second kappa shape index (κ2) is 9.69. The highest BCUT2D eigenvalue weighted by atomic mass is 32.2. The van der Waals surface area contributed by atoms with Crippen molar-refractivity contribution in [3.63, 3.8) is 0 Å². The third-order valence-corrected chi connectivity index (χ3v) is 6.74. The molecule has 1 saturated heterocycles. The van der Waals surface area contributed by atoms with Crippen molar-refractivity contribution in [1.29, 1.82) is 0 Å². The molecule has 0 saturated carbocycles. The molecule has 1 aliphatic rings. The van der Waals surface area contributed by atoms with Crippen LogP contribution in [0.25, 0.3) is 5.69 Å². The minimum Gasteiger partial charge on any atom is -0.497 e. The molecule has 0 N–H and O–H groups in total. The number of thioether (sulfide) groups is 1. The Labute approximate surface area is 193 Å². The highest BCUT2D eigenvalue weighted by Gasteiger charge is 2.32. The predicted molar refractivity (Wildman–Crippen MR) is 127 cm³/mol. The van der Waals surface area contributed by atoms with E-state index in [1.807, 2.05) is 33.9 Å². The van der Waals surface area contributed by atoms with E-state index >= 15 is 0 Å². The lowest BCUT2D eigenvalue weighted by Gasteiger charge is -2.26. The third kappa shape index (κ3) is 4.63. The number of carbonyl (C=O) groups excluding carboxylic acids is 1. The molecule has 1 amide bonds. The first kappa shape index (κ1) is 22.3. The smallest absolute Gasteiger partial charge is 0.233 e. The van der Waals surface area contributed by atoms with Gasteiger partial charge in [-0.2, -0.15) is 0 Å². The number of benzene rings is 2. The number of likely N-dealkylation sites (tertiary alicyclic amines) is 1. The van der Waals surface area contributed by atoms with Gasteiger partial charge in [-0.15, -0.1) is 0 Å². The maximum absolute atomic E-state index is 13.2. The van der Waals surface area contributed by atoms with Crippen molar-refractivity contribution >= 4 is 17.7 Å². The first-order valence-electron chi connectivity index (χ1n) is 10.8. The molecule has 1 atom stereocenters. The van der Waals surface area contributed by atoms with Gasteiger partial charge >= 0.3 is 0 Å². The van der Waals surface area contributed by atoms with Crippen LogP contribution < -0.4 is 9.47 Å². The summed E-state index contributed by atoms with van der Waals surface area (Å²) in [6.07, 6.45) is 5.61. The monoisotopic (exact) mass is 451 g/mol. The number of hydrogen-bond acceptors (Lipinski definition) is 5. The Balaban J connectivity index is 1.50. The molecule has 6 nitrogen and oxygen atoms in total. The summed E-state index contributed by atoms with van der Waals surface area (Å²) in [4.78, 5) is 19.7. The average molecular weight is 452 g/mol. The average Bonchev–Trinajstić information content (AvgIpc) is 3.46. The number of hydrogen-bond donors (Lipinski definition) is 0. The fraction of sp³-hybridized carbons (Fsp3) is 0.360. The minimum atomic E-state index is -0.00711. The highest BCUT2D eigenvalue weighted by molar-refractivity contribution is 7.99. The van der Waals surface area contributed by atoms with Gasteiger partial charge in [-0.05, 0) is 68.1 Å². The molecule has 4 rings (SSSR count). The summed E-state index contributed by atoms with van der Waals surface area (Å²) in [7, 11) is 3.31. The van der Waals surface area contributed by atoms with E-state index in [1.54, 1.807) is 20.4 Å². The number of nitrogens with zero attached hydrogens (tertiary/aromatic N) is 3. The van der Waals surface area contributed by atoms with Crippen LogP contribution in [0.4, 0.5) is 0 Å². The summed E-state index contributed by atoms with van der Waals surface area (Å²) in [6.45, 7) is 4.92. The topological polar surface area (TPSA) is 56.6 Å². The molecule has 0 spiro atoms. The number of methoxy groups -OCH3 is 2. The molecule has 1 unspecified atom stereocenters. The van der Waals surface area contributed by atoms with Crippen LogP contribution in [0.1, 0.15) is 35.6 Å². The van der Waals surface area contributed by atoms with Gasteiger partial charge in [0.05, 0.1) is 26.0 Å². The summed E-state index contributed by atoms with van der Waals surface area (Å²) >= 11 is 1.47. The molecular weight excluding hydrogens is 422 g/mol. The number of imidazole rings is 1. The Hall–Kier alpha value is -2.93. The first-order valence-corrected chi connectivity index (χ1v) is 11.7. The van der Waals surface area contributed by atoms with E-state index in [0.717, 1.165) is 47.3 Å². The molecule has 0 aliphatic carbocycles. The van der Waals surface area contributed by atoms with Crippen molar-refractivity contribution in [2.45, 2.75) is 37.9 Å². The second-order valence-corrected chi connectivity index (χ2v) is 9.01. The normalized spacial score (nSPS) is 15.8. The Morgan fingerprint density at radius 2 is 1.91 bits per heavy atom. The zero-order valence-electron chi connectivity index (χ0n) is 19.0. The van der Waals surface area contributed by atoms with E-state index in [1.165, 1.54) is 22.9 Å². The fourth-order valence-electron chi connectivity index (χ4n) is 4.38. The molecule has 32 heavy (non-hydrogen) atoms. The molecule has 1 aromatic heterocycles. The van der Waals surface area contributed by atoms with Crippen LogP contribution in [0.15, 0.2) is 53.9 Å². The molecule has 0 bridgehead atoms. The molecule has 3 aromatic rings. The summed E-state index contributed by atoms with van der Waals surface area (Å²) in [5, 5.41) is 0.818. The van der Waals surface area contributed by atoms with Crippen LogP contribution in [0.2, 0.25) is 0 Å². The lowest BCUT2D eigenvalue weighted by Crippen LogP contribution is -2.32. The molecule has 7 heteroatoms. The number of aryl methyl sites for hydroxylation is 2. The number of aromatic nitrogens is 2. The molecular formula is C25H29N3O3S. The third-order valence-electron chi connectivity index (χ3n) is 5.79. The van der Waals surface area contributed by atoms with E-state index in [4.69, 9.17) is 9.47 Å². The van der Waals surface area contributed by atoms with Gasteiger partial charge in [0.2, 0.25) is 5.91 Å². The number of amides is 1. The molecule has 2 heterocycles. The number of rotatable bonds is 7. The largest absolute Gasteiger partial charge is 0.497 e. The van der Waals surface area contributed by atoms with Crippen molar-refractivity contribution in [3.8, 4) is 17.2 Å². The Morgan fingerprint density at radius 3 is 2.62 bits per heavy atom. The zero-order valence-corrected chi connectivity index (χ0v) is 19.8. The van der Waals surface area contributed by atoms with Gasteiger partial charge < -0.3 is 14.4 Å². The van der Waals surface area contributed by atoms with E-state index in [0.29, 0.717) is 5.75 Å². The van der Waals surface area contributed by atoms with Crippen molar-refractivity contribution in [2.75, 3.05) is 26.5 Å². The van der Waals surface area contributed by atoms with Crippen LogP contribution in [0.5, 0.6) is 11.5 Å². The maximum Gasteiger partial charge on any atom is 0.233 e. The lowest BCUT2D eigenvalue weighted by molar-refractivity contribution is -0.129. The van der Waals surface area contributed by atoms with Gasteiger partial charge in [0.25, 0.3) is 0 Å². The van der Waals surface area contributed by atoms with Crippen LogP contribution in [0, 0.1) is 13.8 Å². The van der Waals surface area contributed by atoms with Crippen LogP contribution >= 0.6 is 11.8 Å². The van der Waals surface area contributed by atoms with Crippen molar-refractivity contribution in [1.82, 2.24) is 14.5 Å². The van der Waals surface area contributed by atoms with Crippen LogP contribution in [-0.2, 0) is 4.79 Å². The first-order chi connectivity index (χ1) is 15.5. The van der Waals surface area contributed by atoms with Crippen LogP contribution in [0.3, 0.4) is 0 Å². The molecule has 2 aromatic carbocycles. The van der Waals surface area contributed by atoms with Gasteiger partial charge in [0, 0.05) is 30.2 Å². The van der Waals surface area contributed by atoms with Crippen LogP contribution in [-0.4, -0.2) is 46.9 Å². The summed E-state index contributed by atoms with van der Waals surface area (Å²) in [6, 6.07) is 12.2. The lowest BCUT2D eigenvalue weighted by atomic mass is 10.0. The van der Waals surface area contributed by atoms with Gasteiger partial charge in [-0.25, -0.2) is 4.98 Å². The number of carbonyl (C=O) groups is 1. The van der Waals surface area contributed by atoms with Gasteiger partial charge in [0.15, 0.2) is 5.16 Å². The molecule has 1 fully saturated rings. The van der Waals surface area contributed by atoms with E-state index < -0.39 is 0 Å². The van der Waals surface area contributed by atoms with E-state index in [-0.39, 0.29) is 11.9 Å². The van der Waals surface area contributed by atoms with E-state index in [9.17, 15) is 4.79 Å². The highest BCUT2D eigenvalue weighted by Crippen LogP contribution is 2.39. The molecule has 0 radical (unpaired) electrons. The second-order valence-electron chi connectivity index (χ2n) is 8.07. The van der Waals surface area contributed by atoms with Crippen molar-refractivity contribution < 1.29 is 14.3 Å². The summed E-state index contributed by atoms with van der Waals surface area (Å²) in [5.41, 5.74) is 4.47. The summed E-state index contributed by atoms with van der Waals surface area (Å²) in [5.74, 6) is 2.00. The Kier molecular flexibility index (Phi) is 6.74.